The average Bonchev–Trinajstić information content (AvgIpc) is 2.54. The highest BCUT2D eigenvalue weighted by atomic mass is 79.9. The summed E-state index contributed by atoms with van der Waals surface area (Å²) < 4.78 is -0.526. The first kappa shape index (κ1) is 7.55. The van der Waals surface area contributed by atoms with Gasteiger partial charge in [0.15, 0.2) is 11.6 Å². The van der Waals surface area contributed by atoms with E-state index < -0.39 is 0 Å². The van der Waals surface area contributed by atoms with Crippen LogP contribution in [0.15, 0.2) is 0 Å². The number of halogens is 2. The molecule has 0 aromatic rings. The molecule has 0 radical (unpaired) electrons. The van der Waals surface area contributed by atoms with E-state index in [9.17, 15) is 9.59 Å². The molecule has 8 atom stereocenters. The van der Waals surface area contributed by atoms with Crippen LogP contribution in [0.25, 0.3) is 0 Å². The van der Waals surface area contributed by atoms with Gasteiger partial charge in [-0.3, -0.25) is 9.59 Å². The molecule has 0 unspecified atom stereocenters. The smallest absolute Gasteiger partial charge is 0.154 e. The fourth-order valence-electron chi connectivity index (χ4n) is 5.46. The van der Waals surface area contributed by atoms with Crippen LogP contribution < -0.4 is 0 Å². The fraction of sp³-hybridized carbons (Fsp3) is 0.800. The first-order valence-electron chi connectivity index (χ1n) is 5.02. The molecule has 4 heteroatoms. The Morgan fingerprint density at radius 2 is 1.14 bits per heavy atom. The minimum Gasteiger partial charge on any atom is -0.298 e. The Labute approximate surface area is 97.1 Å². The number of carbonyl (C=O) groups excluding carboxylic acids is 2. The number of rotatable bonds is 0. The lowest BCUT2D eigenvalue weighted by molar-refractivity contribution is -0.139. The average molecular weight is 318 g/mol. The molecule has 0 aromatic heterocycles. The second-order valence-corrected chi connectivity index (χ2v) is 8.04. The number of alkyl halides is 2. The van der Waals surface area contributed by atoms with Crippen molar-refractivity contribution in [3.63, 3.8) is 0 Å². The van der Waals surface area contributed by atoms with Crippen molar-refractivity contribution in [2.24, 2.45) is 35.5 Å². The Hall–Kier alpha value is 0.300. The molecule has 6 aliphatic carbocycles. The third kappa shape index (κ3) is 0.337. The van der Waals surface area contributed by atoms with E-state index in [-0.39, 0.29) is 20.5 Å². The van der Waals surface area contributed by atoms with E-state index >= 15 is 0 Å². The minimum atomic E-state index is -0.263. The lowest BCUT2D eigenvalue weighted by Crippen LogP contribution is -2.74. The number of carbonyl (C=O) groups is 2. The zero-order valence-electron chi connectivity index (χ0n) is 7.04. The first-order chi connectivity index (χ1) is 6.55. The highest BCUT2D eigenvalue weighted by molar-refractivity contribution is 9.10. The van der Waals surface area contributed by atoms with Gasteiger partial charge in [0, 0.05) is 11.8 Å². The topological polar surface area (TPSA) is 34.1 Å². The van der Waals surface area contributed by atoms with Gasteiger partial charge in [-0.1, -0.05) is 31.9 Å². The number of hydrogen-bond donors (Lipinski definition) is 0. The molecule has 6 rings (SSSR count). The van der Waals surface area contributed by atoms with Crippen molar-refractivity contribution in [3.05, 3.63) is 0 Å². The molecule has 2 nitrogen and oxygen atoms in total. The molecular weight excluding hydrogens is 312 g/mol. The number of hydrogen-bond acceptors (Lipinski definition) is 2. The molecule has 0 heterocycles. The van der Waals surface area contributed by atoms with Crippen LogP contribution >= 0.6 is 31.9 Å². The summed E-state index contributed by atoms with van der Waals surface area (Å²) in [6, 6.07) is 0. The summed E-state index contributed by atoms with van der Waals surface area (Å²) in [5.41, 5.74) is 0. The predicted octanol–water partition coefficient (Wildman–Crippen LogP) is 1.16. The van der Waals surface area contributed by atoms with Gasteiger partial charge in [-0.25, -0.2) is 0 Å². The summed E-state index contributed by atoms with van der Waals surface area (Å²) >= 11 is 7.27. The molecule has 0 N–H and O–H groups in total. The normalized spacial score (nSPS) is 79.6. The van der Waals surface area contributed by atoms with E-state index in [0.717, 1.165) is 0 Å². The van der Waals surface area contributed by atoms with E-state index in [4.69, 9.17) is 0 Å². The number of ketones is 2. The van der Waals surface area contributed by atoms with Crippen LogP contribution in [0.1, 0.15) is 0 Å². The molecule has 4 bridgehead atoms. The van der Waals surface area contributed by atoms with Crippen LogP contribution in [-0.4, -0.2) is 20.2 Å². The summed E-state index contributed by atoms with van der Waals surface area (Å²) in [6.45, 7) is 0. The van der Waals surface area contributed by atoms with Crippen LogP contribution in [0.2, 0.25) is 0 Å². The van der Waals surface area contributed by atoms with Crippen LogP contribution in [-0.2, 0) is 9.59 Å². The van der Waals surface area contributed by atoms with Gasteiger partial charge in [-0.05, 0) is 23.7 Å². The van der Waals surface area contributed by atoms with Gasteiger partial charge in [0.2, 0.25) is 0 Å². The Balaban J connectivity index is 1.93. The van der Waals surface area contributed by atoms with E-state index in [1.807, 2.05) is 0 Å². The van der Waals surface area contributed by atoms with E-state index in [1.165, 1.54) is 0 Å². The van der Waals surface area contributed by atoms with Crippen LogP contribution in [0, 0.1) is 35.5 Å². The SMILES string of the molecule is O=C1[C@H]2[C@H]3C(=O)[C@]4(Br)[C@H]5[C@@H]([C@H]24)[C@]1(Br)[C@@H]35. The van der Waals surface area contributed by atoms with Crippen molar-refractivity contribution < 1.29 is 9.59 Å². The molecule has 6 aliphatic rings. The molecule has 0 saturated heterocycles. The first-order valence-corrected chi connectivity index (χ1v) is 6.60. The summed E-state index contributed by atoms with van der Waals surface area (Å²) in [5, 5.41) is 0. The van der Waals surface area contributed by atoms with Crippen molar-refractivity contribution >= 4 is 43.4 Å². The predicted molar refractivity (Wildman–Crippen MR) is 54.3 cm³/mol. The van der Waals surface area contributed by atoms with Crippen LogP contribution in [0.5, 0.6) is 0 Å². The molecule has 0 amide bonds. The van der Waals surface area contributed by atoms with Crippen molar-refractivity contribution in [3.8, 4) is 0 Å². The molecule has 0 aliphatic heterocycles. The minimum absolute atomic E-state index is 0.0706. The molecular formula is C10H6Br2O2. The third-order valence-electron chi connectivity index (χ3n) is 5.62. The van der Waals surface area contributed by atoms with Gasteiger partial charge < -0.3 is 0 Å². The van der Waals surface area contributed by atoms with Crippen LogP contribution in [0.3, 0.4) is 0 Å². The maximum absolute atomic E-state index is 12.1. The quantitative estimate of drug-likeness (QED) is 0.628. The fourth-order valence-corrected chi connectivity index (χ4v) is 8.27. The summed E-state index contributed by atoms with van der Waals surface area (Å²) in [7, 11) is 0. The van der Waals surface area contributed by atoms with Crippen molar-refractivity contribution in [2.45, 2.75) is 8.65 Å². The summed E-state index contributed by atoms with van der Waals surface area (Å²) in [4.78, 5) is 24.1. The zero-order chi connectivity index (χ0) is 9.62. The maximum Gasteiger partial charge on any atom is 0.154 e. The Morgan fingerprint density at radius 3 is 1.43 bits per heavy atom. The standard InChI is InChI=1S/C10H6Br2O2/c11-9-3-1-2(8(9)14)4-6(9)5(3)10(4,12)7(1)13/h1-6H/t1-,2+,3-,4-,5+,6+,9+,10+/m0/s1. The van der Waals surface area contributed by atoms with Gasteiger partial charge in [0.25, 0.3) is 0 Å². The highest BCUT2D eigenvalue weighted by Crippen LogP contribution is 2.92. The van der Waals surface area contributed by atoms with Gasteiger partial charge in [-0.15, -0.1) is 0 Å². The van der Waals surface area contributed by atoms with Gasteiger partial charge in [0.05, 0.1) is 8.65 Å². The van der Waals surface area contributed by atoms with Crippen molar-refractivity contribution in [1.29, 1.82) is 0 Å². The van der Waals surface area contributed by atoms with E-state index in [0.29, 0.717) is 35.2 Å². The number of Topliss-reactive ketones (excluding diaryl/α,β-unsaturated/α-hetero) is 2. The van der Waals surface area contributed by atoms with Crippen LogP contribution in [0.4, 0.5) is 0 Å². The third-order valence-corrected chi connectivity index (χ3v) is 8.52. The highest BCUT2D eigenvalue weighted by Gasteiger charge is 3.00. The molecule has 0 aromatic carbocycles. The van der Waals surface area contributed by atoms with Crippen molar-refractivity contribution in [2.75, 3.05) is 0 Å². The lowest BCUT2D eigenvalue weighted by atomic mass is 9.41. The Kier molecular flexibility index (Phi) is 0.824. The Bertz CT molecular complexity index is 419. The maximum atomic E-state index is 12.1. The molecule has 6 fully saturated rings. The summed E-state index contributed by atoms with van der Waals surface area (Å²) in [5.74, 6) is 2.45. The lowest BCUT2D eigenvalue weighted by Gasteiger charge is -2.68. The van der Waals surface area contributed by atoms with Gasteiger partial charge in [-0.2, -0.15) is 0 Å². The second-order valence-electron chi connectivity index (χ2n) is 5.42. The van der Waals surface area contributed by atoms with E-state index in [1.54, 1.807) is 0 Å². The molecule has 6 saturated carbocycles. The molecule has 0 spiro atoms. The van der Waals surface area contributed by atoms with E-state index in [2.05, 4.69) is 31.9 Å². The van der Waals surface area contributed by atoms with Gasteiger partial charge in [0.1, 0.15) is 0 Å². The zero-order valence-corrected chi connectivity index (χ0v) is 10.2. The summed E-state index contributed by atoms with van der Waals surface area (Å²) in [6.07, 6.45) is 0. The second kappa shape index (κ2) is 1.53. The largest absolute Gasteiger partial charge is 0.298 e. The van der Waals surface area contributed by atoms with Crippen molar-refractivity contribution in [1.82, 2.24) is 0 Å². The monoisotopic (exact) mass is 316 g/mol. The molecule has 14 heavy (non-hydrogen) atoms. The van der Waals surface area contributed by atoms with Gasteiger partial charge >= 0.3 is 0 Å². The Morgan fingerprint density at radius 1 is 0.786 bits per heavy atom. The molecule has 72 valence electrons.